The predicted octanol–water partition coefficient (Wildman–Crippen LogP) is 1.11. The molecule has 1 aromatic carbocycles. The maximum Gasteiger partial charge on any atom is 0.270 e. The average molecular weight is 257 g/mol. The highest BCUT2D eigenvalue weighted by atomic mass is 16.5. The molecule has 0 radical (unpaired) electrons. The number of amides is 1. The van der Waals surface area contributed by atoms with E-state index < -0.39 is 0 Å². The first-order chi connectivity index (χ1) is 9.20. The van der Waals surface area contributed by atoms with E-state index in [-0.39, 0.29) is 5.91 Å². The average Bonchev–Trinajstić information content (AvgIpc) is 2.76. The largest absolute Gasteiger partial charge is 0.497 e. The maximum atomic E-state index is 11.9. The van der Waals surface area contributed by atoms with Gasteiger partial charge < -0.3 is 14.6 Å². The third-order valence-electron chi connectivity index (χ3n) is 3.33. The summed E-state index contributed by atoms with van der Waals surface area (Å²) in [4.78, 5) is 16.3. The molecule has 1 amide bonds. The number of fused-ring (bicyclic) bond motifs is 1. The Morgan fingerprint density at radius 2 is 2.26 bits per heavy atom. The summed E-state index contributed by atoms with van der Waals surface area (Å²) in [6, 6.07) is 5.84. The molecule has 0 saturated heterocycles. The molecule has 98 valence electrons. The van der Waals surface area contributed by atoms with Crippen molar-refractivity contribution in [2.45, 2.75) is 0 Å². The molecule has 5 heteroatoms. The fourth-order valence-electron chi connectivity index (χ4n) is 2.39. The van der Waals surface area contributed by atoms with Crippen LogP contribution in [0.2, 0.25) is 0 Å². The Bertz CT molecular complexity index is 685. The normalized spacial score (nSPS) is 15.3. The first-order valence-electron chi connectivity index (χ1n) is 6.17. The number of aliphatic imine (C=N–C) groups is 1. The standard InChI is InChI=1S/C14H15N3O2/c1-17-8-11(13-14(18)16-6-5-15-13)10-7-9(19-2)3-4-12(10)17/h3-4,7-8H,5-6H2,1-2H3,(H,16,18). The van der Waals surface area contributed by atoms with Crippen LogP contribution < -0.4 is 10.1 Å². The van der Waals surface area contributed by atoms with Crippen LogP contribution >= 0.6 is 0 Å². The predicted molar refractivity (Wildman–Crippen MR) is 73.9 cm³/mol. The van der Waals surface area contributed by atoms with E-state index in [2.05, 4.69) is 10.3 Å². The highest BCUT2D eigenvalue weighted by Crippen LogP contribution is 2.26. The van der Waals surface area contributed by atoms with Gasteiger partial charge in [-0.2, -0.15) is 0 Å². The molecule has 0 fully saturated rings. The van der Waals surface area contributed by atoms with Crippen molar-refractivity contribution in [3.63, 3.8) is 0 Å². The van der Waals surface area contributed by atoms with Gasteiger partial charge in [-0.05, 0) is 18.2 Å². The number of hydrogen-bond donors (Lipinski definition) is 1. The first kappa shape index (κ1) is 11.8. The SMILES string of the molecule is COc1ccc2c(c1)c(C1=NCCNC1=O)cn2C. The number of nitrogens with one attached hydrogen (secondary N) is 1. The second-order valence-electron chi connectivity index (χ2n) is 4.52. The molecule has 3 rings (SSSR count). The van der Waals surface area contributed by atoms with E-state index in [9.17, 15) is 4.79 Å². The summed E-state index contributed by atoms with van der Waals surface area (Å²) in [5.74, 6) is 0.665. The summed E-state index contributed by atoms with van der Waals surface area (Å²) in [6.45, 7) is 1.23. The van der Waals surface area contributed by atoms with Crippen LogP contribution in [0.15, 0.2) is 29.4 Å². The molecule has 1 aliphatic rings. The third kappa shape index (κ3) is 1.87. The van der Waals surface area contributed by atoms with Crippen molar-refractivity contribution >= 4 is 22.5 Å². The zero-order valence-electron chi connectivity index (χ0n) is 10.9. The quantitative estimate of drug-likeness (QED) is 0.876. The van der Waals surface area contributed by atoms with E-state index in [1.165, 1.54) is 0 Å². The topological polar surface area (TPSA) is 55.6 Å². The highest BCUT2D eigenvalue weighted by molar-refractivity contribution is 6.47. The fourth-order valence-corrected chi connectivity index (χ4v) is 2.39. The number of ether oxygens (including phenoxy) is 1. The van der Waals surface area contributed by atoms with Crippen LogP contribution in [0.3, 0.4) is 0 Å². The number of hydrogen-bond acceptors (Lipinski definition) is 3. The number of aryl methyl sites for hydroxylation is 1. The van der Waals surface area contributed by atoms with E-state index in [4.69, 9.17) is 4.74 Å². The molecule has 0 unspecified atom stereocenters. The number of nitrogens with zero attached hydrogens (tertiary/aromatic N) is 2. The Morgan fingerprint density at radius 1 is 1.42 bits per heavy atom. The molecular formula is C14H15N3O2. The number of methoxy groups -OCH3 is 1. The van der Waals surface area contributed by atoms with Crippen LogP contribution in [0.1, 0.15) is 5.56 Å². The molecular weight excluding hydrogens is 242 g/mol. The lowest BCUT2D eigenvalue weighted by Gasteiger charge is -2.12. The van der Waals surface area contributed by atoms with Gasteiger partial charge in [0.15, 0.2) is 0 Å². The number of rotatable bonds is 2. The van der Waals surface area contributed by atoms with E-state index >= 15 is 0 Å². The van der Waals surface area contributed by atoms with Crippen LogP contribution in [0, 0.1) is 0 Å². The van der Waals surface area contributed by atoms with Gasteiger partial charge in [-0.3, -0.25) is 9.79 Å². The van der Waals surface area contributed by atoms with Crippen molar-refractivity contribution in [3.8, 4) is 5.75 Å². The van der Waals surface area contributed by atoms with Gasteiger partial charge in [0, 0.05) is 36.3 Å². The lowest BCUT2D eigenvalue weighted by atomic mass is 10.1. The van der Waals surface area contributed by atoms with Crippen LogP contribution in [0.25, 0.3) is 10.9 Å². The van der Waals surface area contributed by atoms with E-state index in [0.29, 0.717) is 18.8 Å². The Kier molecular flexibility index (Phi) is 2.74. The molecule has 1 aromatic heterocycles. The zero-order valence-corrected chi connectivity index (χ0v) is 10.9. The summed E-state index contributed by atoms with van der Waals surface area (Å²) < 4.78 is 7.25. The van der Waals surface area contributed by atoms with Crippen molar-refractivity contribution < 1.29 is 9.53 Å². The van der Waals surface area contributed by atoms with Crippen molar-refractivity contribution in [1.82, 2.24) is 9.88 Å². The van der Waals surface area contributed by atoms with Crippen molar-refractivity contribution in [2.24, 2.45) is 12.0 Å². The van der Waals surface area contributed by atoms with Gasteiger partial charge in [0.05, 0.1) is 13.7 Å². The smallest absolute Gasteiger partial charge is 0.270 e. The van der Waals surface area contributed by atoms with Gasteiger partial charge in [0.2, 0.25) is 0 Å². The minimum absolute atomic E-state index is 0.110. The minimum Gasteiger partial charge on any atom is -0.497 e. The molecule has 2 heterocycles. The van der Waals surface area contributed by atoms with E-state index in [0.717, 1.165) is 22.2 Å². The fraction of sp³-hybridized carbons (Fsp3) is 0.286. The molecule has 2 aromatic rings. The Hall–Kier alpha value is -2.30. The van der Waals surface area contributed by atoms with E-state index in [1.54, 1.807) is 7.11 Å². The Labute approximate surface area is 110 Å². The van der Waals surface area contributed by atoms with Gasteiger partial charge in [0.1, 0.15) is 11.5 Å². The van der Waals surface area contributed by atoms with Gasteiger partial charge in [0.25, 0.3) is 5.91 Å². The van der Waals surface area contributed by atoms with Gasteiger partial charge in [-0.1, -0.05) is 0 Å². The van der Waals surface area contributed by atoms with Crippen molar-refractivity contribution in [1.29, 1.82) is 0 Å². The lowest BCUT2D eigenvalue weighted by molar-refractivity contribution is -0.114. The molecule has 19 heavy (non-hydrogen) atoms. The molecule has 1 N–H and O–H groups in total. The Balaban J connectivity index is 2.23. The Morgan fingerprint density at radius 3 is 3.00 bits per heavy atom. The summed E-state index contributed by atoms with van der Waals surface area (Å²) in [5, 5.41) is 3.81. The van der Waals surface area contributed by atoms with Crippen molar-refractivity contribution in [2.75, 3.05) is 20.2 Å². The molecule has 5 nitrogen and oxygen atoms in total. The van der Waals surface area contributed by atoms with Crippen molar-refractivity contribution in [3.05, 3.63) is 30.0 Å². The summed E-state index contributed by atoms with van der Waals surface area (Å²) in [6.07, 6.45) is 1.94. The molecule has 0 atom stereocenters. The van der Waals surface area contributed by atoms with Crippen LogP contribution in [0.5, 0.6) is 5.75 Å². The third-order valence-corrected chi connectivity index (χ3v) is 3.33. The molecule has 0 spiro atoms. The maximum absolute atomic E-state index is 11.9. The van der Waals surface area contributed by atoms with Crippen LogP contribution in [-0.2, 0) is 11.8 Å². The summed E-state index contributed by atoms with van der Waals surface area (Å²) in [5.41, 5.74) is 2.41. The lowest BCUT2D eigenvalue weighted by Crippen LogP contribution is -2.37. The first-order valence-corrected chi connectivity index (χ1v) is 6.17. The second-order valence-corrected chi connectivity index (χ2v) is 4.52. The number of benzene rings is 1. The number of carbonyl (C=O) groups excluding carboxylic acids is 1. The minimum atomic E-state index is -0.110. The summed E-state index contributed by atoms with van der Waals surface area (Å²) >= 11 is 0. The van der Waals surface area contributed by atoms with Gasteiger partial charge >= 0.3 is 0 Å². The van der Waals surface area contributed by atoms with Gasteiger partial charge in [-0.25, -0.2) is 0 Å². The van der Waals surface area contributed by atoms with Crippen LogP contribution in [-0.4, -0.2) is 36.4 Å². The highest BCUT2D eigenvalue weighted by Gasteiger charge is 2.21. The zero-order chi connectivity index (χ0) is 13.4. The monoisotopic (exact) mass is 257 g/mol. The van der Waals surface area contributed by atoms with E-state index in [1.807, 2.05) is 36.0 Å². The molecule has 0 aliphatic carbocycles. The summed E-state index contributed by atoms with van der Waals surface area (Å²) in [7, 11) is 3.59. The van der Waals surface area contributed by atoms with Gasteiger partial charge in [-0.15, -0.1) is 0 Å². The number of carbonyl (C=O) groups is 1. The second kappa shape index (κ2) is 4.42. The number of aromatic nitrogens is 1. The van der Waals surface area contributed by atoms with Crippen LogP contribution in [0.4, 0.5) is 0 Å². The molecule has 1 aliphatic heterocycles. The molecule has 0 saturated carbocycles. The molecule has 0 bridgehead atoms.